The van der Waals surface area contributed by atoms with E-state index in [2.05, 4.69) is 16.0 Å². The molecular formula is C20H37N5O6S. The molecule has 0 aromatic carbocycles. The fraction of sp³-hybridized carbons (Fsp3) is 0.750. The van der Waals surface area contributed by atoms with Gasteiger partial charge in [-0.15, -0.1) is 0 Å². The summed E-state index contributed by atoms with van der Waals surface area (Å²) in [6.07, 6.45) is 1.97. The van der Waals surface area contributed by atoms with E-state index in [1.165, 1.54) is 11.8 Å². The van der Waals surface area contributed by atoms with Gasteiger partial charge in [-0.1, -0.05) is 34.1 Å². The van der Waals surface area contributed by atoms with Crippen molar-refractivity contribution in [3.05, 3.63) is 0 Å². The molecule has 5 atom stereocenters. The van der Waals surface area contributed by atoms with E-state index in [4.69, 9.17) is 11.5 Å². The van der Waals surface area contributed by atoms with Gasteiger partial charge in [0.25, 0.3) is 0 Å². The molecule has 0 rings (SSSR count). The predicted molar refractivity (Wildman–Crippen MR) is 123 cm³/mol. The Morgan fingerprint density at radius 1 is 0.938 bits per heavy atom. The van der Waals surface area contributed by atoms with E-state index in [1.54, 1.807) is 27.0 Å². The van der Waals surface area contributed by atoms with Crippen molar-refractivity contribution in [2.24, 2.45) is 23.3 Å². The van der Waals surface area contributed by atoms with Crippen molar-refractivity contribution in [1.82, 2.24) is 16.0 Å². The van der Waals surface area contributed by atoms with Gasteiger partial charge >= 0.3 is 5.97 Å². The Balaban J connectivity index is 5.55. The maximum atomic E-state index is 12.9. The zero-order chi connectivity index (χ0) is 25.0. The first-order valence-electron chi connectivity index (χ1n) is 10.5. The summed E-state index contributed by atoms with van der Waals surface area (Å²) in [5.74, 6) is -4.11. The minimum Gasteiger partial charge on any atom is -0.480 e. The molecule has 184 valence electrons. The summed E-state index contributed by atoms with van der Waals surface area (Å²) in [5, 5.41) is 16.7. The highest BCUT2D eigenvalue weighted by Gasteiger charge is 2.33. The van der Waals surface area contributed by atoms with Crippen molar-refractivity contribution in [2.45, 2.75) is 71.1 Å². The second kappa shape index (κ2) is 14.7. The largest absolute Gasteiger partial charge is 0.480 e. The van der Waals surface area contributed by atoms with Gasteiger partial charge in [0.15, 0.2) is 0 Å². The highest BCUT2D eigenvalue weighted by atomic mass is 32.2. The number of thioether (sulfide) groups is 1. The number of carboxylic acids is 1. The van der Waals surface area contributed by atoms with Crippen LogP contribution in [0.25, 0.3) is 0 Å². The average molecular weight is 476 g/mol. The standard InChI is InChI=1S/C20H37N5O6S/c1-6-11(4)16(25-18(28)15(22)10(2)3)19(29)24-13(9-14(21)26)17(27)23-12(20(30)31)7-8-32-5/h10-13,15-16H,6-9,22H2,1-5H3,(H2,21,26)(H,23,27)(H,24,29)(H,25,28)(H,30,31). The van der Waals surface area contributed by atoms with E-state index in [0.717, 1.165) is 0 Å². The van der Waals surface area contributed by atoms with Crippen molar-refractivity contribution < 1.29 is 29.1 Å². The van der Waals surface area contributed by atoms with Gasteiger partial charge in [-0.25, -0.2) is 4.79 Å². The van der Waals surface area contributed by atoms with Gasteiger partial charge in [-0.2, -0.15) is 11.8 Å². The molecule has 0 heterocycles. The summed E-state index contributed by atoms with van der Waals surface area (Å²) in [5.41, 5.74) is 11.1. The topological polar surface area (TPSA) is 194 Å². The van der Waals surface area contributed by atoms with Gasteiger partial charge < -0.3 is 32.5 Å². The van der Waals surface area contributed by atoms with Crippen LogP contribution < -0.4 is 27.4 Å². The molecule has 4 amide bonds. The van der Waals surface area contributed by atoms with Crippen molar-refractivity contribution in [3.8, 4) is 0 Å². The number of carbonyl (C=O) groups is 5. The van der Waals surface area contributed by atoms with E-state index >= 15 is 0 Å². The van der Waals surface area contributed by atoms with Crippen LogP contribution in [-0.2, 0) is 24.0 Å². The van der Waals surface area contributed by atoms with Gasteiger partial charge in [0.2, 0.25) is 23.6 Å². The van der Waals surface area contributed by atoms with Crippen LogP contribution in [0.1, 0.15) is 47.0 Å². The number of amides is 4. The first-order valence-corrected chi connectivity index (χ1v) is 11.9. The number of carbonyl (C=O) groups excluding carboxylic acids is 4. The van der Waals surface area contributed by atoms with Gasteiger partial charge in [-0.05, 0) is 30.3 Å². The molecule has 12 heteroatoms. The number of hydrogen-bond acceptors (Lipinski definition) is 7. The molecule has 11 nitrogen and oxygen atoms in total. The summed E-state index contributed by atoms with van der Waals surface area (Å²) < 4.78 is 0. The van der Waals surface area contributed by atoms with E-state index in [9.17, 15) is 29.1 Å². The molecule has 0 aromatic rings. The molecule has 0 aliphatic carbocycles. The lowest BCUT2D eigenvalue weighted by molar-refractivity contribution is -0.142. The van der Waals surface area contributed by atoms with Crippen molar-refractivity contribution in [3.63, 3.8) is 0 Å². The van der Waals surface area contributed by atoms with Crippen LogP contribution in [0.15, 0.2) is 0 Å². The lowest BCUT2D eigenvalue weighted by Gasteiger charge is -2.28. The number of aliphatic carboxylic acids is 1. The molecule has 0 aliphatic rings. The number of carboxylic acid groups (broad SMARTS) is 1. The molecule has 0 aliphatic heterocycles. The lowest BCUT2D eigenvalue weighted by Crippen LogP contribution is -2.59. The number of nitrogens with one attached hydrogen (secondary N) is 3. The molecule has 0 aromatic heterocycles. The van der Waals surface area contributed by atoms with Gasteiger partial charge in [-0.3, -0.25) is 19.2 Å². The number of rotatable bonds is 15. The molecule has 0 radical (unpaired) electrons. The van der Waals surface area contributed by atoms with E-state index in [1.807, 2.05) is 6.92 Å². The number of primary amides is 1. The minimum absolute atomic E-state index is 0.154. The Bertz CT molecular complexity index is 675. The summed E-state index contributed by atoms with van der Waals surface area (Å²) in [6, 6.07) is -4.41. The SMILES string of the molecule is CCC(C)C(NC(=O)C(N)C(C)C)C(=O)NC(CC(N)=O)C(=O)NC(CCSC)C(=O)O. The fourth-order valence-electron chi connectivity index (χ4n) is 2.69. The molecule has 0 spiro atoms. The summed E-state index contributed by atoms with van der Waals surface area (Å²) in [6.45, 7) is 7.12. The third-order valence-corrected chi connectivity index (χ3v) is 5.72. The second-order valence-corrected chi connectivity index (χ2v) is 9.04. The lowest BCUT2D eigenvalue weighted by atomic mass is 9.96. The third-order valence-electron chi connectivity index (χ3n) is 5.08. The van der Waals surface area contributed by atoms with Gasteiger partial charge in [0, 0.05) is 0 Å². The summed E-state index contributed by atoms with van der Waals surface area (Å²) >= 11 is 1.41. The van der Waals surface area contributed by atoms with E-state index < -0.39 is 60.2 Å². The number of nitrogens with two attached hydrogens (primary N) is 2. The van der Waals surface area contributed by atoms with Gasteiger partial charge in [0.1, 0.15) is 18.1 Å². The highest BCUT2D eigenvalue weighted by Crippen LogP contribution is 2.11. The zero-order valence-electron chi connectivity index (χ0n) is 19.3. The third kappa shape index (κ3) is 10.3. The Kier molecular flexibility index (Phi) is 13.6. The molecule has 0 saturated heterocycles. The van der Waals surface area contributed by atoms with E-state index in [-0.39, 0.29) is 18.3 Å². The molecular weight excluding hydrogens is 438 g/mol. The van der Waals surface area contributed by atoms with Crippen LogP contribution in [0.3, 0.4) is 0 Å². The maximum Gasteiger partial charge on any atom is 0.326 e. The zero-order valence-corrected chi connectivity index (χ0v) is 20.2. The molecule has 0 bridgehead atoms. The first kappa shape index (κ1) is 29.7. The van der Waals surface area contributed by atoms with Crippen LogP contribution >= 0.6 is 11.8 Å². The van der Waals surface area contributed by atoms with Crippen LogP contribution in [0.4, 0.5) is 0 Å². The number of hydrogen-bond donors (Lipinski definition) is 6. The maximum absolute atomic E-state index is 12.9. The van der Waals surface area contributed by atoms with Crippen LogP contribution in [-0.4, -0.2) is 70.9 Å². The summed E-state index contributed by atoms with van der Waals surface area (Å²) in [7, 11) is 0. The Morgan fingerprint density at radius 3 is 1.94 bits per heavy atom. The Morgan fingerprint density at radius 2 is 1.50 bits per heavy atom. The Labute approximate surface area is 193 Å². The van der Waals surface area contributed by atoms with Crippen molar-refractivity contribution in [2.75, 3.05) is 12.0 Å². The monoisotopic (exact) mass is 475 g/mol. The highest BCUT2D eigenvalue weighted by molar-refractivity contribution is 7.98. The predicted octanol–water partition coefficient (Wildman–Crippen LogP) is -0.817. The second-order valence-electron chi connectivity index (χ2n) is 8.05. The first-order chi connectivity index (χ1) is 14.8. The molecule has 0 saturated carbocycles. The molecule has 5 unspecified atom stereocenters. The van der Waals surface area contributed by atoms with Gasteiger partial charge in [0.05, 0.1) is 12.5 Å². The van der Waals surface area contributed by atoms with Crippen LogP contribution in [0.5, 0.6) is 0 Å². The molecule has 0 fully saturated rings. The normalized spacial score (nSPS) is 15.7. The molecule has 32 heavy (non-hydrogen) atoms. The van der Waals surface area contributed by atoms with E-state index in [0.29, 0.717) is 12.2 Å². The quantitative estimate of drug-likeness (QED) is 0.177. The Hall–Kier alpha value is -2.34. The van der Waals surface area contributed by atoms with Crippen LogP contribution in [0, 0.1) is 11.8 Å². The minimum atomic E-state index is -1.39. The molecule has 8 N–H and O–H groups in total. The fourth-order valence-corrected chi connectivity index (χ4v) is 3.16. The van der Waals surface area contributed by atoms with Crippen molar-refractivity contribution >= 4 is 41.4 Å². The van der Waals surface area contributed by atoms with Crippen LogP contribution in [0.2, 0.25) is 0 Å². The van der Waals surface area contributed by atoms with Crippen molar-refractivity contribution in [1.29, 1.82) is 0 Å². The smallest absolute Gasteiger partial charge is 0.326 e. The average Bonchev–Trinajstić information content (AvgIpc) is 2.71. The summed E-state index contributed by atoms with van der Waals surface area (Å²) in [4.78, 5) is 60.9.